The second kappa shape index (κ2) is 3.99. The van der Waals surface area contributed by atoms with Crippen LogP contribution in [0.4, 0.5) is 0 Å². The van der Waals surface area contributed by atoms with Crippen molar-refractivity contribution in [2.75, 3.05) is 0 Å². The molecular weight excluding hydrogens is 217 g/mol. The van der Waals surface area contributed by atoms with Gasteiger partial charge in [-0.1, -0.05) is 23.2 Å². The van der Waals surface area contributed by atoms with Gasteiger partial charge in [0.2, 0.25) is 0 Å². The van der Waals surface area contributed by atoms with Crippen LogP contribution in [-0.2, 0) is 0 Å². The van der Waals surface area contributed by atoms with E-state index in [9.17, 15) is 0 Å². The molecule has 0 saturated heterocycles. The van der Waals surface area contributed by atoms with Crippen molar-refractivity contribution in [3.63, 3.8) is 0 Å². The van der Waals surface area contributed by atoms with Gasteiger partial charge >= 0.3 is 0 Å². The predicted molar refractivity (Wildman–Crippen MR) is 59.7 cm³/mol. The lowest BCUT2D eigenvalue weighted by Crippen LogP contribution is -1.80. The quantitative estimate of drug-likeness (QED) is 0.711. The van der Waals surface area contributed by atoms with E-state index < -0.39 is 0 Å². The minimum atomic E-state index is 0.682. The lowest BCUT2D eigenvalue weighted by atomic mass is 10.1. The van der Waals surface area contributed by atoms with Crippen molar-refractivity contribution in [3.8, 4) is 11.1 Å². The predicted octanol–water partition coefficient (Wildman–Crippen LogP) is 4.06. The fourth-order valence-electron chi connectivity index (χ4n) is 1.25. The van der Waals surface area contributed by atoms with E-state index in [1.807, 2.05) is 18.2 Å². The molecule has 0 atom stereocenters. The summed E-state index contributed by atoms with van der Waals surface area (Å²) in [5.41, 5.74) is 1.95. The summed E-state index contributed by atoms with van der Waals surface area (Å²) < 4.78 is 0. The second-order valence-corrected chi connectivity index (χ2v) is 3.70. The van der Waals surface area contributed by atoms with E-state index in [4.69, 9.17) is 23.2 Å². The summed E-state index contributed by atoms with van der Waals surface area (Å²) in [6.45, 7) is 0. The van der Waals surface area contributed by atoms with Crippen LogP contribution >= 0.6 is 23.2 Å². The molecule has 0 N–H and O–H groups in total. The van der Waals surface area contributed by atoms with Crippen LogP contribution in [0, 0.1) is 0 Å². The average molecular weight is 224 g/mol. The number of rotatable bonds is 1. The summed E-state index contributed by atoms with van der Waals surface area (Å²) in [4.78, 5) is 3.95. The third-order valence-corrected chi connectivity index (χ3v) is 2.48. The van der Waals surface area contributed by atoms with E-state index in [0.29, 0.717) is 10.0 Å². The molecule has 0 aliphatic carbocycles. The molecule has 0 spiro atoms. The molecule has 0 fully saturated rings. The highest BCUT2D eigenvalue weighted by Gasteiger charge is 2.03. The molecule has 0 amide bonds. The second-order valence-electron chi connectivity index (χ2n) is 2.86. The molecule has 70 valence electrons. The SMILES string of the molecule is Clc1ccc(Cl)c(-c2ccncc2)c1. The van der Waals surface area contributed by atoms with Gasteiger partial charge in [-0.3, -0.25) is 4.98 Å². The van der Waals surface area contributed by atoms with E-state index in [1.165, 1.54) is 0 Å². The molecule has 3 heteroatoms. The number of pyridine rings is 1. The topological polar surface area (TPSA) is 12.9 Å². The zero-order chi connectivity index (χ0) is 9.97. The van der Waals surface area contributed by atoms with Crippen molar-refractivity contribution in [1.29, 1.82) is 0 Å². The minimum Gasteiger partial charge on any atom is -0.265 e. The molecule has 1 aromatic carbocycles. The lowest BCUT2D eigenvalue weighted by molar-refractivity contribution is 1.33. The third-order valence-electron chi connectivity index (χ3n) is 1.92. The minimum absolute atomic E-state index is 0.682. The maximum absolute atomic E-state index is 6.05. The number of benzene rings is 1. The molecule has 14 heavy (non-hydrogen) atoms. The Balaban J connectivity index is 2.57. The smallest absolute Gasteiger partial charge is 0.0485 e. The van der Waals surface area contributed by atoms with Crippen molar-refractivity contribution in [3.05, 3.63) is 52.8 Å². The molecule has 0 bridgehead atoms. The van der Waals surface area contributed by atoms with Gasteiger partial charge in [-0.2, -0.15) is 0 Å². The molecule has 0 aliphatic heterocycles. The standard InChI is InChI=1S/C11H7Cl2N/c12-9-1-2-11(13)10(7-9)8-3-5-14-6-4-8/h1-7H. The number of hydrogen-bond acceptors (Lipinski definition) is 1. The van der Waals surface area contributed by atoms with E-state index in [1.54, 1.807) is 24.5 Å². The van der Waals surface area contributed by atoms with Crippen LogP contribution in [0.15, 0.2) is 42.7 Å². The molecule has 1 nitrogen and oxygen atoms in total. The molecule has 1 aromatic heterocycles. The summed E-state index contributed by atoms with van der Waals surface area (Å²) in [6.07, 6.45) is 3.46. The van der Waals surface area contributed by atoms with Crippen molar-refractivity contribution in [2.45, 2.75) is 0 Å². The fraction of sp³-hybridized carbons (Fsp3) is 0. The number of nitrogens with zero attached hydrogens (tertiary/aromatic N) is 1. The maximum atomic E-state index is 6.05. The number of hydrogen-bond donors (Lipinski definition) is 0. The van der Waals surface area contributed by atoms with Crippen molar-refractivity contribution in [1.82, 2.24) is 4.98 Å². The maximum Gasteiger partial charge on any atom is 0.0485 e. The van der Waals surface area contributed by atoms with Gasteiger partial charge in [0.15, 0.2) is 0 Å². The highest BCUT2D eigenvalue weighted by atomic mass is 35.5. The van der Waals surface area contributed by atoms with Crippen LogP contribution in [0.1, 0.15) is 0 Å². The molecule has 1 heterocycles. The van der Waals surface area contributed by atoms with Gasteiger partial charge in [0.25, 0.3) is 0 Å². The summed E-state index contributed by atoms with van der Waals surface area (Å²) in [5.74, 6) is 0. The summed E-state index contributed by atoms with van der Waals surface area (Å²) in [7, 11) is 0. The van der Waals surface area contributed by atoms with Gasteiger partial charge in [0, 0.05) is 28.0 Å². The highest BCUT2D eigenvalue weighted by molar-refractivity contribution is 6.35. The van der Waals surface area contributed by atoms with Crippen LogP contribution < -0.4 is 0 Å². The number of halogens is 2. The molecule has 0 unspecified atom stereocenters. The summed E-state index contributed by atoms with van der Waals surface area (Å²) >= 11 is 11.9. The van der Waals surface area contributed by atoms with Crippen molar-refractivity contribution >= 4 is 23.2 Å². The van der Waals surface area contributed by atoms with Gasteiger partial charge in [-0.05, 0) is 35.9 Å². The van der Waals surface area contributed by atoms with Gasteiger partial charge in [-0.15, -0.1) is 0 Å². The first kappa shape index (κ1) is 9.50. The number of aromatic nitrogens is 1. The Kier molecular flexibility index (Phi) is 2.71. The summed E-state index contributed by atoms with van der Waals surface area (Å²) in [5, 5.41) is 1.38. The van der Waals surface area contributed by atoms with Gasteiger partial charge in [-0.25, -0.2) is 0 Å². The third kappa shape index (κ3) is 1.89. The molecule has 0 radical (unpaired) electrons. The van der Waals surface area contributed by atoms with E-state index in [0.717, 1.165) is 11.1 Å². The van der Waals surface area contributed by atoms with E-state index >= 15 is 0 Å². The molecule has 2 rings (SSSR count). The van der Waals surface area contributed by atoms with Crippen LogP contribution in [0.3, 0.4) is 0 Å². The Morgan fingerprint density at radius 1 is 0.929 bits per heavy atom. The van der Waals surface area contributed by atoms with E-state index in [-0.39, 0.29) is 0 Å². The average Bonchev–Trinajstić information content (AvgIpc) is 2.23. The summed E-state index contributed by atoms with van der Waals surface area (Å²) in [6, 6.07) is 9.21. The molecule has 0 aliphatic rings. The highest BCUT2D eigenvalue weighted by Crippen LogP contribution is 2.29. The van der Waals surface area contributed by atoms with Crippen LogP contribution in [0.5, 0.6) is 0 Å². The van der Waals surface area contributed by atoms with Crippen LogP contribution in [-0.4, -0.2) is 4.98 Å². The van der Waals surface area contributed by atoms with E-state index in [2.05, 4.69) is 4.98 Å². The lowest BCUT2D eigenvalue weighted by Gasteiger charge is -2.03. The Labute approximate surface area is 92.3 Å². The normalized spacial score (nSPS) is 10.1. The first-order chi connectivity index (χ1) is 6.77. The van der Waals surface area contributed by atoms with Gasteiger partial charge in [0.05, 0.1) is 0 Å². The Morgan fingerprint density at radius 2 is 1.64 bits per heavy atom. The van der Waals surface area contributed by atoms with Crippen molar-refractivity contribution < 1.29 is 0 Å². The molecule has 0 saturated carbocycles. The first-order valence-electron chi connectivity index (χ1n) is 4.13. The van der Waals surface area contributed by atoms with Gasteiger partial charge < -0.3 is 0 Å². The first-order valence-corrected chi connectivity index (χ1v) is 4.88. The molecule has 2 aromatic rings. The Morgan fingerprint density at radius 3 is 2.36 bits per heavy atom. The monoisotopic (exact) mass is 223 g/mol. The molecular formula is C11H7Cl2N. The van der Waals surface area contributed by atoms with Crippen molar-refractivity contribution in [2.24, 2.45) is 0 Å². The van der Waals surface area contributed by atoms with Crippen LogP contribution in [0.2, 0.25) is 10.0 Å². The zero-order valence-electron chi connectivity index (χ0n) is 7.24. The zero-order valence-corrected chi connectivity index (χ0v) is 8.76. The Hall–Kier alpha value is -1.05. The van der Waals surface area contributed by atoms with Gasteiger partial charge in [0.1, 0.15) is 0 Å². The van der Waals surface area contributed by atoms with Crippen LogP contribution in [0.25, 0.3) is 11.1 Å². The Bertz CT molecular complexity index is 440. The largest absolute Gasteiger partial charge is 0.265 e. The fourth-order valence-corrected chi connectivity index (χ4v) is 1.65.